The zero-order chi connectivity index (χ0) is 14.2. The molecule has 3 heteroatoms. The van der Waals surface area contributed by atoms with Crippen LogP contribution in [0.3, 0.4) is 0 Å². The van der Waals surface area contributed by atoms with Crippen molar-refractivity contribution in [3.8, 4) is 0 Å². The van der Waals surface area contributed by atoms with Gasteiger partial charge in [0.2, 0.25) is 0 Å². The molecule has 0 spiro atoms. The molecular formula is C17H28N2O. The highest BCUT2D eigenvalue weighted by Crippen LogP contribution is 2.12. The lowest BCUT2D eigenvalue weighted by Gasteiger charge is -2.22. The predicted octanol–water partition coefficient (Wildman–Crippen LogP) is 2.05. The minimum absolute atomic E-state index is 0.288. The van der Waals surface area contributed by atoms with Crippen molar-refractivity contribution < 1.29 is 5.11 Å². The van der Waals surface area contributed by atoms with Gasteiger partial charge in [0.1, 0.15) is 0 Å². The van der Waals surface area contributed by atoms with E-state index in [4.69, 9.17) is 5.11 Å². The summed E-state index contributed by atoms with van der Waals surface area (Å²) in [4.78, 5) is 2.55. The van der Waals surface area contributed by atoms with Crippen molar-refractivity contribution in [2.45, 2.75) is 44.7 Å². The van der Waals surface area contributed by atoms with Gasteiger partial charge in [0.05, 0.1) is 0 Å². The highest BCUT2D eigenvalue weighted by atomic mass is 16.3. The Morgan fingerprint density at radius 1 is 1.35 bits per heavy atom. The van der Waals surface area contributed by atoms with Gasteiger partial charge in [-0.05, 0) is 37.8 Å². The fourth-order valence-corrected chi connectivity index (χ4v) is 3.00. The molecule has 1 heterocycles. The summed E-state index contributed by atoms with van der Waals surface area (Å²) < 4.78 is 0. The molecule has 2 unspecified atom stereocenters. The number of nitrogens with zero attached hydrogens (tertiary/aromatic N) is 1. The first kappa shape index (κ1) is 15.5. The van der Waals surface area contributed by atoms with Crippen LogP contribution >= 0.6 is 0 Å². The van der Waals surface area contributed by atoms with Gasteiger partial charge < -0.3 is 15.3 Å². The lowest BCUT2D eigenvalue weighted by Crippen LogP contribution is -2.40. The van der Waals surface area contributed by atoms with Gasteiger partial charge in [-0.3, -0.25) is 0 Å². The van der Waals surface area contributed by atoms with E-state index in [0.29, 0.717) is 12.1 Å². The summed E-state index contributed by atoms with van der Waals surface area (Å²) in [6.07, 6.45) is 4.34. The number of rotatable bonds is 8. The first-order valence-electron chi connectivity index (χ1n) is 7.95. The second kappa shape index (κ2) is 8.40. The normalized spacial score (nSPS) is 21.2. The number of hydrogen-bond donors (Lipinski definition) is 2. The molecule has 0 aromatic heterocycles. The maximum Gasteiger partial charge on any atom is 0.0445 e. The highest BCUT2D eigenvalue weighted by molar-refractivity contribution is 5.14. The molecule has 20 heavy (non-hydrogen) atoms. The molecule has 1 aliphatic heterocycles. The van der Waals surface area contributed by atoms with Crippen molar-refractivity contribution in [1.29, 1.82) is 0 Å². The van der Waals surface area contributed by atoms with Gasteiger partial charge in [-0.2, -0.15) is 0 Å². The number of aliphatic hydroxyl groups excluding tert-OH is 1. The average molecular weight is 276 g/mol. The molecule has 3 nitrogen and oxygen atoms in total. The van der Waals surface area contributed by atoms with E-state index in [9.17, 15) is 0 Å². The highest BCUT2D eigenvalue weighted by Gasteiger charge is 2.23. The third-order valence-corrected chi connectivity index (χ3v) is 4.27. The Bertz CT molecular complexity index is 369. The molecule has 0 radical (unpaired) electrons. The van der Waals surface area contributed by atoms with Crippen LogP contribution in [0.5, 0.6) is 0 Å². The lowest BCUT2D eigenvalue weighted by atomic mass is 10.1. The SMILES string of the molecule is CCC(CCO)NC1CCN(CCc2ccccc2)C1. The average Bonchev–Trinajstić information content (AvgIpc) is 2.93. The molecule has 2 atom stereocenters. The van der Waals surface area contributed by atoms with Gasteiger partial charge in [0, 0.05) is 31.8 Å². The molecule has 0 bridgehead atoms. The van der Waals surface area contributed by atoms with Crippen LogP contribution in [0.4, 0.5) is 0 Å². The minimum Gasteiger partial charge on any atom is -0.396 e. The van der Waals surface area contributed by atoms with Gasteiger partial charge >= 0.3 is 0 Å². The van der Waals surface area contributed by atoms with E-state index in [1.165, 1.54) is 18.5 Å². The maximum absolute atomic E-state index is 9.05. The first-order chi connectivity index (χ1) is 9.81. The molecule has 1 aliphatic rings. The Hall–Kier alpha value is -0.900. The van der Waals surface area contributed by atoms with Crippen molar-refractivity contribution in [3.63, 3.8) is 0 Å². The van der Waals surface area contributed by atoms with E-state index in [2.05, 4.69) is 47.5 Å². The van der Waals surface area contributed by atoms with Crippen LogP contribution in [0.2, 0.25) is 0 Å². The van der Waals surface area contributed by atoms with Crippen molar-refractivity contribution in [3.05, 3.63) is 35.9 Å². The van der Waals surface area contributed by atoms with Gasteiger partial charge in [-0.25, -0.2) is 0 Å². The summed E-state index contributed by atoms with van der Waals surface area (Å²) in [5.74, 6) is 0. The summed E-state index contributed by atoms with van der Waals surface area (Å²) in [5.41, 5.74) is 1.43. The minimum atomic E-state index is 0.288. The van der Waals surface area contributed by atoms with Crippen molar-refractivity contribution in [2.24, 2.45) is 0 Å². The van der Waals surface area contributed by atoms with E-state index in [0.717, 1.165) is 32.4 Å². The standard InChI is InChI=1S/C17H28N2O/c1-2-16(10-13-20)18-17-9-12-19(14-17)11-8-15-6-4-3-5-7-15/h3-7,16-18,20H,2,8-14H2,1H3. The largest absolute Gasteiger partial charge is 0.396 e. The van der Waals surface area contributed by atoms with Crippen LogP contribution in [0, 0.1) is 0 Å². The Balaban J connectivity index is 1.69. The summed E-state index contributed by atoms with van der Waals surface area (Å²) in [5, 5.41) is 12.7. The summed E-state index contributed by atoms with van der Waals surface area (Å²) >= 11 is 0. The molecular weight excluding hydrogens is 248 g/mol. The van der Waals surface area contributed by atoms with Crippen LogP contribution in [0.25, 0.3) is 0 Å². The van der Waals surface area contributed by atoms with Crippen LogP contribution < -0.4 is 5.32 Å². The molecule has 2 N–H and O–H groups in total. The van der Waals surface area contributed by atoms with E-state index in [1.54, 1.807) is 0 Å². The number of benzene rings is 1. The molecule has 1 aromatic carbocycles. The van der Waals surface area contributed by atoms with Gasteiger partial charge in [0.15, 0.2) is 0 Å². The number of likely N-dealkylation sites (tertiary alicyclic amines) is 1. The van der Waals surface area contributed by atoms with Gasteiger partial charge in [0.25, 0.3) is 0 Å². The fourth-order valence-electron chi connectivity index (χ4n) is 3.00. The zero-order valence-corrected chi connectivity index (χ0v) is 12.6. The first-order valence-corrected chi connectivity index (χ1v) is 7.95. The molecule has 0 saturated carbocycles. The molecule has 1 fully saturated rings. The van der Waals surface area contributed by atoms with Crippen LogP contribution in [0.1, 0.15) is 31.7 Å². The Morgan fingerprint density at radius 2 is 2.15 bits per heavy atom. The Kier molecular flexibility index (Phi) is 6.51. The third kappa shape index (κ3) is 4.89. The second-order valence-corrected chi connectivity index (χ2v) is 5.81. The molecule has 112 valence electrons. The van der Waals surface area contributed by atoms with Crippen molar-refractivity contribution >= 4 is 0 Å². The van der Waals surface area contributed by atoms with E-state index < -0.39 is 0 Å². The smallest absolute Gasteiger partial charge is 0.0445 e. The number of hydrogen-bond acceptors (Lipinski definition) is 3. The zero-order valence-electron chi connectivity index (χ0n) is 12.6. The third-order valence-electron chi connectivity index (χ3n) is 4.27. The van der Waals surface area contributed by atoms with Crippen LogP contribution in [-0.4, -0.2) is 48.3 Å². The molecule has 1 saturated heterocycles. The predicted molar refractivity (Wildman–Crippen MR) is 83.9 cm³/mol. The van der Waals surface area contributed by atoms with E-state index in [1.807, 2.05) is 0 Å². The quantitative estimate of drug-likeness (QED) is 0.763. The maximum atomic E-state index is 9.05. The molecule has 0 amide bonds. The number of nitrogens with one attached hydrogen (secondary N) is 1. The van der Waals surface area contributed by atoms with E-state index >= 15 is 0 Å². The lowest BCUT2D eigenvalue weighted by molar-refractivity contribution is 0.253. The van der Waals surface area contributed by atoms with Crippen LogP contribution in [-0.2, 0) is 6.42 Å². The summed E-state index contributed by atoms with van der Waals surface area (Å²) in [6.45, 7) is 5.97. The van der Waals surface area contributed by atoms with Crippen LogP contribution in [0.15, 0.2) is 30.3 Å². The second-order valence-electron chi connectivity index (χ2n) is 5.81. The Labute approximate surface area is 123 Å². The van der Waals surface area contributed by atoms with Crippen molar-refractivity contribution in [2.75, 3.05) is 26.2 Å². The van der Waals surface area contributed by atoms with Crippen molar-refractivity contribution in [1.82, 2.24) is 10.2 Å². The molecule has 1 aromatic rings. The molecule has 2 rings (SSSR count). The monoisotopic (exact) mass is 276 g/mol. The van der Waals surface area contributed by atoms with Gasteiger partial charge in [-0.15, -0.1) is 0 Å². The number of aliphatic hydroxyl groups is 1. The molecule has 0 aliphatic carbocycles. The van der Waals surface area contributed by atoms with E-state index in [-0.39, 0.29) is 6.61 Å². The topological polar surface area (TPSA) is 35.5 Å². The summed E-state index contributed by atoms with van der Waals surface area (Å²) in [7, 11) is 0. The van der Waals surface area contributed by atoms with Gasteiger partial charge in [-0.1, -0.05) is 37.3 Å². The summed E-state index contributed by atoms with van der Waals surface area (Å²) in [6, 6.07) is 11.8. The fraction of sp³-hybridized carbons (Fsp3) is 0.647. The Morgan fingerprint density at radius 3 is 2.85 bits per heavy atom.